The summed E-state index contributed by atoms with van der Waals surface area (Å²) in [5.74, 6) is -1.79. The zero-order valence-corrected chi connectivity index (χ0v) is 28.1. The quantitative estimate of drug-likeness (QED) is 0.377. The molecule has 2 aromatic carbocycles. The second kappa shape index (κ2) is 13.3. The number of hydrogen-bond acceptors (Lipinski definition) is 6. The molecule has 0 aliphatic carbocycles. The Labute approximate surface area is 277 Å². The summed E-state index contributed by atoms with van der Waals surface area (Å²) in [5, 5.41) is 10.5. The van der Waals surface area contributed by atoms with E-state index in [-0.39, 0.29) is 35.5 Å². The second-order valence-electron chi connectivity index (χ2n) is 12.9. The highest BCUT2D eigenvalue weighted by molar-refractivity contribution is 8.02. The molecule has 3 amide bonds. The van der Waals surface area contributed by atoms with E-state index in [0.29, 0.717) is 19.6 Å². The SMILES string of the molecule is CC[C@H](C)[C@H](CO)N1C(=O)[C@@H]2[C@@H]3C(=O)N(Cc4ccccc4)CC=C[C@@H]3S[C@@]23C=CCN(c2ccc(N(CC)CC)cc2)C(=O)C13. The van der Waals surface area contributed by atoms with E-state index in [1.54, 1.807) is 21.6 Å². The van der Waals surface area contributed by atoms with Crippen LogP contribution in [0.15, 0.2) is 78.9 Å². The predicted octanol–water partition coefficient (Wildman–Crippen LogP) is 4.74. The van der Waals surface area contributed by atoms with Crippen LogP contribution in [0.1, 0.15) is 39.7 Å². The Morgan fingerprint density at radius 2 is 1.65 bits per heavy atom. The van der Waals surface area contributed by atoms with Crippen molar-refractivity contribution in [3.8, 4) is 0 Å². The molecular formula is C37H46N4O4S. The highest BCUT2D eigenvalue weighted by Gasteiger charge is 2.72. The normalized spacial score (nSPS) is 28.5. The first-order chi connectivity index (χ1) is 22.3. The Hall–Kier alpha value is -3.56. The van der Waals surface area contributed by atoms with E-state index in [1.807, 2.05) is 85.5 Å². The van der Waals surface area contributed by atoms with Gasteiger partial charge in [0.15, 0.2) is 0 Å². The molecule has 6 rings (SSSR count). The number of anilines is 2. The van der Waals surface area contributed by atoms with Crippen LogP contribution < -0.4 is 9.80 Å². The molecule has 4 heterocycles. The van der Waals surface area contributed by atoms with E-state index in [4.69, 9.17) is 0 Å². The topological polar surface area (TPSA) is 84.4 Å². The smallest absolute Gasteiger partial charge is 0.251 e. The fraction of sp³-hybridized carbons (Fsp3) is 0.486. The van der Waals surface area contributed by atoms with Gasteiger partial charge >= 0.3 is 0 Å². The average molecular weight is 643 g/mol. The van der Waals surface area contributed by atoms with Crippen LogP contribution in [0.3, 0.4) is 0 Å². The van der Waals surface area contributed by atoms with Gasteiger partial charge in [-0.15, -0.1) is 11.8 Å². The maximum absolute atomic E-state index is 14.9. The number of aliphatic hydroxyl groups excluding tert-OH is 1. The first kappa shape index (κ1) is 32.4. The molecule has 0 saturated carbocycles. The van der Waals surface area contributed by atoms with Gasteiger partial charge in [-0.05, 0) is 49.6 Å². The van der Waals surface area contributed by atoms with Crippen LogP contribution in [-0.2, 0) is 20.9 Å². The molecule has 7 atom stereocenters. The van der Waals surface area contributed by atoms with Crippen molar-refractivity contribution in [3.05, 3.63) is 84.5 Å². The van der Waals surface area contributed by atoms with E-state index >= 15 is 0 Å². The monoisotopic (exact) mass is 642 g/mol. The van der Waals surface area contributed by atoms with Crippen molar-refractivity contribution in [2.75, 3.05) is 42.6 Å². The van der Waals surface area contributed by atoms with Crippen LogP contribution in [-0.4, -0.2) is 87.5 Å². The fourth-order valence-corrected chi connectivity index (χ4v) is 9.90. The fourth-order valence-electron chi connectivity index (χ4n) is 7.91. The summed E-state index contributed by atoms with van der Waals surface area (Å²) in [6.07, 6.45) is 8.91. The van der Waals surface area contributed by atoms with Crippen molar-refractivity contribution in [2.24, 2.45) is 17.8 Å². The Kier molecular flexibility index (Phi) is 9.35. The van der Waals surface area contributed by atoms with Gasteiger partial charge in [-0.1, -0.05) is 74.9 Å². The minimum absolute atomic E-state index is 0.0354. The number of benzene rings is 2. The number of thioether (sulfide) groups is 1. The standard InChI is InChI=1S/C37H46N4O4S/c1-5-25(4)29(24-42)41-33-36(45)40(28-18-16-27(17-19-28)38(6-2)7-3)22-12-20-37(33)32(35(41)44)31-30(46-37)15-11-21-39(34(31)43)23-26-13-9-8-10-14-26/h8-20,25,29-33,42H,5-7,21-24H2,1-4H3/t25-,29-,30-,31+,32-,33?,37-/m0/s1. The largest absolute Gasteiger partial charge is 0.394 e. The summed E-state index contributed by atoms with van der Waals surface area (Å²) < 4.78 is -0.934. The van der Waals surface area contributed by atoms with E-state index in [0.717, 1.165) is 36.4 Å². The van der Waals surface area contributed by atoms with Gasteiger partial charge < -0.3 is 24.7 Å². The molecule has 244 valence electrons. The molecule has 1 spiro atoms. The third-order valence-corrected chi connectivity index (χ3v) is 12.3. The van der Waals surface area contributed by atoms with Crippen LogP contribution in [0.5, 0.6) is 0 Å². The molecule has 4 aliphatic rings. The third-order valence-electron chi connectivity index (χ3n) is 10.5. The summed E-state index contributed by atoms with van der Waals surface area (Å²) in [6.45, 7) is 11.1. The minimum atomic E-state index is -0.934. The van der Waals surface area contributed by atoms with Crippen molar-refractivity contribution in [1.82, 2.24) is 9.80 Å². The van der Waals surface area contributed by atoms with E-state index in [9.17, 15) is 19.5 Å². The molecule has 46 heavy (non-hydrogen) atoms. The zero-order chi connectivity index (χ0) is 32.6. The number of rotatable bonds is 10. The molecule has 0 bridgehead atoms. The van der Waals surface area contributed by atoms with Crippen molar-refractivity contribution in [3.63, 3.8) is 0 Å². The Morgan fingerprint density at radius 3 is 2.30 bits per heavy atom. The number of likely N-dealkylation sites (tertiary alicyclic amines) is 1. The minimum Gasteiger partial charge on any atom is -0.394 e. The molecule has 0 radical (unpaired) electrons. The van der Waals surface area contributed by atoms with Crippen LogP contribution >= 0.6 is 11.8 Å². The maximum Gasteiger partial charge on any atom is 0.251 e. The number of hydrogen-bond donors (Lipinski definition) is 1. The lowest BCUT2D eigenvalue weighted by atomic mass is 9.78. The van der Waals surface area contributed by atoms with Gasteiger partial charge in [0, 0.05) is 49.3 Å². The third kappa shape index (κ3) is 5.35. The first-order valence-corrected chi connectivity index (χ1v) is 17.6. The van der Waals surface area contributed by atoms with E-state index in [1.165, 1.54) is 0 Å². The summed E-state index contributed by atoms with van der Waals surface area (Å²) in [4.78, 5) is 51.7. The molecule has 2 saturated heterocycles. The molecular weight excluding hydrogens is 596 g/mol. The van der Waals surface area contributed by atoms with Gasteiger partial charge in [-0.3, -0.25) is 14.4 Å². The number of carbonyl (C=O) groups excluding carboxylic acids is 3. The predicted molar refractivity (Wildman–Crippen MR) is 185 cm³/mol. The number of fused-ring (bicyclic) bond motifs is 2. The van der Waals surface area contributed by atoms with Crippen LogP contribution in [0, 0.1) is 17.8 Å². The number of nitrogens with zero attached hydrogens (tertiary/aromatic N) is 4. The first-order valence-electron chi connectivity index (χ1n) is 16.7. The summed E-state index contributed by atoms with van der Waals surface area (Å²) in [5.41, 5.74) is 2.89. The number of amides is 3. The molecule has 2 fully saturated rings. The molecule has 1 unspecified atom stereocenters. The maximum atomic E-state index is 14.9. The lowest BCUT2D eigenvalue weighted by molar-refractivity contribution is -0.145. The van der Waals surface area contributed by atoms with Crippen molar-refractivity contribution in [2.45, 2.75) is 62.7 Å². The van der Waals surface area contributed by atoms with Crippen molar-refractivity contribution >= 4 is 40.9 Å². The molecule has 8 nitrogen and oxygen atoms in total. The molecule has 1 N–H and O–H groups in total. The van der Waals surface area contributed by atoms with Crippen LogP contribution in [0.2, 0.25) is 0 Å². The average Bonchev–Trinajstić information content (AvgIpc) is 3.40. The van der Waals surface area contributed by atoms with Crippen molar-refractivity contribution in [1.29, 1.82) is 0 Å². The lowest BCUT2D eigenvalue weighted by Gasteiger charge is -2.40. The Bertz CT molecular complexity index is 1490. The van der Waals surface area contributed by atoms with Crippen molar-refractivity contribution < 1.29 is 19.5 Å². The van der Waals surface area contributed by atoms with Gasteiger partial charge in [0.05, 0.1) is 29.2 Å². The van der Waals surface area contributed by atoms with Gasteiger partial charge in [-0.25, -0.2) is 0 Å². The van der Waals surface area contributed by atoms with Crippen LogP contribution in [0.4, 0.5) is 11.4 Å². The Balaban J connectivity index is 1.41. The number of carbonyl (C=O) groups is 3. The highest BCUT2D eigenvalue weighted by atomic mass is 32.2. The molecule has 4 aliphatic heterocycles. The Morgan fingerprint density at radius 1 is 0.935 bits per heavy atom. The van der Waals surface area contributed by atoms with Gasteiger partial charge in [0.1, 0.15) is 6.04 Å². The second-order valence-corrected chi connectivity index (χ2v) is 14.4. The van der Waals surface area contributed by atoms with Gasteiger partial charge in [0.25, 0.3) is 5.91 Å². The highest BCUT2D eigenvalue weighted by Crippen LogP contribution is 2.61. The summed E-state index contributed by atoms with van der Waals surface area (Å²) in [6, 6.07) is 16.6. The van der Waals surface area contributed by atoms with E-state index < -0.39 is 28.7 Å². The number of aliphatic hydroxyl groups is 1. The van der Waals surface area contributed by atoms with E-state index in [2.05, 4.69) is 30.9 Å². The zero-order valence-electron chi connectivity index (χ0n) is 27.3. The van der Waals surface area contributed by atoms with Gasteiger partial charge in [0.2, 0.25) is 11.8 Å². The molecule has 0 aromatic heterocycles. The molecule has 9 heteroatoms. The van der Waals surface area contributed by atoms with Crippen LogP contribution in [0.25, 0.3) is 0 Å². The molecule has 2 aromatic rings. The summed E-state index contributed by atoms with van der Waals surface area (Å²) >= 11 is 1.58. The summed E-state index contributed by atoms with van der Waals surface area (Å²) in [7, 11) is 0. The van der Waals surface area contributed by atoms with Gasteiger partial charge in [-0.2, -0.15) is 0 Å². The lowest BCUT2D eigenvalue weighted by Crippen LogP contribution is -2.58.